The van der Waals surface area contributed by atoms with Gasteiger partial charge in [0.1, 0.15) is 0 Å². The SMILES string of the molecule is C=CCc1c(Br)cc(Br)c(Oc2c(Br)cc(Br)c(CC=C)c2Br)c1Br. The smallest absolute Gasteiger partial charge is 0.156 e. The number of halogens is 6. The molecule has 0 saturated heterocycles. The molecule has 0 amide bonds. The van der Waals surface area contributed by atoms with Gasteiger partial charge in [0.25, 0.3) is 0 Å². The maximum absolute atomic E-state index is 6.29. The Balaban J connectivity index is 2.61. The summed E-state index contributed by atoms with van der Waals surface area (Å²) in [6.07, 6.45) is 5.15. The van der Waals surface area contributed by atoms with Crippen molar-refractivity contribution in [3.8, 4) is 11.5 Å². The van der Waals surface area contributed by atoms with Gasteiger partial charge in [-0.15, -0.1) is 13.2 Å². The van der Waals surface area contributed by atoms with Crippen LogP contribution in [0, 0.1) is 0 Å². The highest BCUT2D eigenvalue weighted by atomic mass is 79.9. The summed E-state index contributed by atoms with van der Waals surface area (Å²) >= 11 is 21.7. The lowest BCUT2D eigenvalue weighted by Crippen LogP contribution is -1.97. The van der Waals surface area contributed by atoms with Crippen LogP contribution >= 0.6 is 95.6 Å². The van der Waals surface area contributed by atoms with Crippen molar-refractivity contribution in [1.82, 2.24) is 0 Å². The van der Waals surface area contributed by atoms with Crippen molar-refractivity contribution < 1.29 is 4.74 Å². The zero-order valence-corrected chi connectivity index (χ0v) is 22.3. The van der Waals surface area contributed by atoms with E-state index in [0.29, 0.717) is 11.5 Å². The summed E-state index contributed by atoms with van der Waals surface area (Å²) in [7, 11) is 0. The van der Waals surface area contributed by atoms with Crippen LogP contribution in [-0.2, 0) is 12.8 Å². The first-order chi connectivity index (χ1) is 11.8. The summed E-state index contributed by atoms with van der Waals surface area (Å²) in [5.74, 6) is 1.40. The lowest BCUT2D eigenvalue weighted by atomic mass is 10.1. The number of ether oxygens (including phenoxy) is 1. The Kier molecular flexibility index (Phi) is 8.49. The molecule has 25 heavy (non-hydrogen) atoms. The molecule has 0 spiro atoms. The fraction of sp³-hybridized carbons (Fsp3) is 0.111. The van der Waals surface area contributed by atoms with E-state index < -0.39 is 0 Å². The first-order valence-corrected chi connectivity index (χ1v) is 11.8. The average molecular weight is 724 g/mol. The molecule has 2 aromatic carbocycles. The molecular weight excluding hydrogens is 712 g/mol. The molecule has 0 unspecified atom stereocenters. The van der Waals surface area contributed by atoms with E-state index >= 15 is 0 Å². The monoisotopic (exact) mass is 718 g/mol. The Bertz CT molecular complexity index is 775. The Morgan fingerprint density at radius 1 is 0.680 bits per heavy atom. The van der Waals surface area contributed by atoms with E-state index in [4.69, 9.17) is 4.74 Å². The molecule has 0 radical (unpaired) electrons. The highest BCUT2D eigenvalue weighted by molar-refractivity contribution is 9.12. The predicted octanol–water partition coefficient (Wildman–Crippen LogP) is 9.51. The maximum atomic E-state index is 6.29. The third-order valence-corrected chi connectivity index (χ3v) is 7.62. The van der Waals surface area contributed by atoms with Gasteiger partial charge in [-0.05, 0) is 99.8 Å². The van der Waals surface area contributed by atoms with Crippen LogP contribution in [0.25, 0.3) is 0 Å². The van der Waals surface area contributed by atoms with Crippen LogP contribution in [0.3, 0.4) is 0 Å². The Labute approximate surface area is 198 Å². The molecule has 0 bridgehead atoms. The van der Waals surface area contributed by atoms with Crippen molar-refractivity contribution in [3.05, 3.63) is 75.4 Å². The zero-order chi connectivity index (χ0) is 18.7. The lowest BCUT2D eigenvalue weighted by molar-refractivity contribution is 0.469. The Morgan fingerprint density at radius 2 is 1.04 bits per heavy atom. The molecule has 2 rings (SSSR count). The van der Waals surface area contributed by atoms with Gasteiger partial charge >= 0.3 is 0 Å². The largest absolute Gasteiger partial charge is 0.453 e. The molecule has 0 heterocycles. The van der Waals surface area contributed by atoms with Gasteiger partial charge in [-0.25, -0.2) is 0 Å². The average Bonchev–Trinajstić information content (AvgIpc) is 2.54. The van der Waals surface area contributed by atoms with E-state index in [0.717, 1.165) is 50.8 Å². The van der Waals surface area contributed by atoms with Gasteiger partial charge in [0.2, 0.25) is 0 Å². The highest BCUT2D eigenvalue weighted by Crippen LogP contribution is 2.47. The second-order valence-electron chi connectivity index (χ2n) is 5.01. The lowest BCUT2D eigenvalue weighted by Gasteiger charge is -2.18. The maximum Gasteiger partial charge on any atom is 0.156 e. The normalized spacial score (nSPS) is 10.6. The fourth-order valence-corrected chi connectivity index (χ4v) is 7.39. The van der Waals surface area contributed by atoms with Crippen molar-refractivity contribution in [3.63, 3.8) is 0 Å². The van der Waals surface area contributed by atoms with Crippen LogP contribution in [0.4, 0.5) is 0 Å². The van der Waals surface area contributed by atoms with E-state index in [1.54, 1.807) is 0 Å². The van der Waals surface area contributed by atoms with Gasteiger partial charge in [-0.2, -0.15) is 0 Å². The topological polar surface area (TPSA) is 9.23 Å². The summed E-state index contributed by atoms with van der Waals surface area (Å²) < 4.78 is 11.7. The van der Waals surface area contributed by atoms with Gasteiger partial charge in [-0.1, -0.05) is 44.0 Å². The minimum Gasteiger partial charge on any atom is -0.453 e. The highest BCUT2D eigenvalue weighted by Gasteiger charge is 2.20. The van der Waals surface area contributed by atoms with E-state index in [1.165, 1.54) is 0 Å². The molecule has 0 aliphatic carbocycles. The number of allylic oxidation sites excluding steroid dienone is 2. The molecule has 0 N–H and O–H groups in total. The van der Waals surface area contributed by atoms with Crippen LogP contribution in [0.5, 0.6) is 11.5 Å². The van der Waals surface area contributed by atoms with Crippen LogP contribution in [0.1, 0.15) is 11.1 Å². The molecule has 0 aliphatic heterocycles. The van der Waals surface area contributed by atoms with Gasteiger partial charge in [-0.3, -0.25) is 0 Å². The van der Waals surface area contributed by atoms with Gasteiger partial charge < -0.3 is 4.74 Å². The molecule has 0 fully saturated rings. The number of benzene rings is 2. The zero-order valence-electron chi connectivity index (χ0n) is 12.8. The quantitative estimate of drug-likeness (QED) is 0.270. The summed E-state index contributed by atoms with van der Waals surface area (Å²) in [6.45, 7) is 7.64. The number of hydrogen-bond acceptors (Lipinski definition) is 1. The summed E-state index contributed by atoms with van der Waals surface area (Å²) in [5.41, 5.74) is 2.15. The standard InChI is InChI=1S/C18H12Br6O/c1-3-5-9-11(19)7-13(21)17(15(9)23)25-18-14(22)8-12(20)10(6-4-2)16(18)24/h3-4,7-8H,1-2,5-6H2. The van der Waals surface area contributed by atoms with Crippen molar-refractivity contribution >= 4 is 95.6 Å². The third kappa shape index (κ3) is 4.91. The molecule has 0 aliphatic rings. The molecule has 0 saturated carbocycles. The van der Waals surface area contributed by atoms with Crippen molar-refractivity contribution in [2.45, 2.75) is 12.8 Å². The minimum absolute atomic E-state index is 0.702. The molecular formula is C18H12Br6O. The van der Waals surface area contributed by atoms with Crippen LogP contribution in [0.15, 0.2) is 64.3 Å². The molecule has 2 aromatic rings. The molecule has 0 aromatic heterocycles. The van der Waals surface area contributed by atoms with E-state index in [9.17, 15) is 0 Å². The second kappa shape index (κ2) is 9.69. The van der Waals surface area contributed by atoms with Crippen molar-refractivity contribution in [1.29, 1.82) is 0 Å². The molecule has 0 atom stereocenters. The van der Waals surface area contributed by atoms with Crippen LogP contribution in [0.2, 0.25) is 0 Å². The fourth-order valence-electron chi connectivity index (χ4n) is 2.17. The summed E-state index contributed by atoms with van der Waals surface area (Å²) in [4.78, 5) is 0. The first kappa shape index (κ1) is 21.9. The van der Waals surface area contributed by atoms with E-state index in [1.807, 2.05) is 24.3 Å². The summed E-state index contributed by atoms with van der Waals surface area (Å²) in [6, 6.07) is 3.95. The molecule has 7 heteroatoms. The second-order valence-corrected chi connectivity index (χ2v) is 10.0. The Morgan fingerprint density at radius 3 is 1.36 bits per heavy atom. The molecule has 1 nitrogen and oxygen atoms in total. The Hall–Kier alpha value is 0.600. The van der Waals surface area contributed by atoms with Gasteiger partial charge in [0.15, 0.2) is 11.5 Å². The van der Waals surface area contributed by atoms with Crippen molar-refractivity contribution in [2.24, 2.45) is 0 Å². The van der Waals surface area contributed by atoms with Crippen LogP contribution < -0.4 is 4.74 Å². The van der Waals surface area contributed by atoms with Crippen LogP contribution in [-0.4, -0.2) is 0 Å². The molecule has 132 valence electrons. The first-order valence-electron chi connectivity index (χ1n) is 7.04. The van der Waals surface area contributed by atoms with E-state index in [-0.39, 0.29) is 0 Å². The number of hydrogen-bond donors (Lipinski definition) is 0. The predicted molar refractivity (Wildman–Crippen MR) is 127 cm³/mol. The van der Waals surface area contributed by atoms with Crippen molar-refractivity contribution in [2.75, 3.05) is 0 Å². The third-order valence-electron chi connectivity index (χ3n) is 3.35. The van der Waals surface area contributed by atoms with Gasteiger partial charge in [0, 0.05) is 8.95 Å². The van der Waals surface area contributed by atoms with E-state index in [2.05, 4.69) is 109 Å². The minimum atomic E-state index is 0.702. The summed E-state index contributed by atoms with van der Waals surface area (Å²) in [5, 5.41) is 0. The number of rotatable bonds is 6. The van der Waals surface area contributed by atoms with Gasteiger partial charge in [0.05, 0.1) is 17.9 Å².